The number of hydrogen-bond donors (Lipinski definition) is 3. The van der Waals surface area contributed by atoms with E-state index in [1.807, 2.05) is 31.2 Å². The maximum Gasteiger partial charge on any atom is 0.221 e. The summed E-state index contributed by atoms with van der Waals surface area (Å²) >= 11 is 0. The normalized spacial score (nSPS) is 10.7. The number of anilines is 1. The van der Waals surface area contributed by atoms with Crippen molar-refractivity contribution in [3.05, 3.63) is 29.8 Å². The van der Waals surface area contributed by atoms with Gasteiger partial charge in [0, 0.05) is 46.0 Å². The lowest BCUT2D eigenvalue weighted by Crippen LogP contribution is -2.37. The number of rotatable bonds is 9. The summed E-state index contributed by atoms with van der Waals surface area (Å²) in [7, 11) is 1.75. The van der Waals surface area contributed by atoms with Crippen molar-refractivity contribution in [2.45, 2.75) is 33.2 Å². The van der Waals surface area contributed by atoms with Crippen LogP contribution in [0.2, 0.25) is 0 Å². The molecule has 3 N–H and O–H groups in total. The van der Waals surface area contributed by atoms with Gasteiger partial charge in [-0.2, -0.15) is 0 Å². The van der Waals surface area contributed by atoms with Crippen LogP contribution in [-0.4, -0.2) is 38.7 Å². The van der Waals surface area contributed by atoms with Gasteiger partial charge in [0.1, 0.15) is 0 Å². The van der Waals surface area contributed by atoms with Crippen LogP contribution in [0, 0.1) is 0 Å². The third-order valence-electron chi connectivity index (χ3n) is 3.14. The first-order valence-electron chi connectivity index (χ1n) is 8.04. The van der Waals surface area contributed by atoms with Crippen molar-refractivity contribution in [3.63, 3.8) is 0 Å². The molecule has 0 spiro atoms. The molecule has 0 heterocycles. The lowest BCUT2D eigenvalue weighted by atomic mass is 10.2. The predicted octanol–water partition coefficient (Wildman–Crippen LogP) is 2.74. The Kier molecular flexibility index (Phi) is 13.2. The Hall–Kier alpha value is -1.35. The highest BCUT2D eigenvalue weighted by Gasteiger charge is 2.00. The van der Waals surface area contributed by atoms with Gasteiger partial charge < -0.3 is 20.7 Å². The number of carbonyl (C=O) groups is 1. The van der Waals surface area contributed by atoms with E-state index < -0.39 is 0 Å². The monoisotopic (exact) mass is 448 g/mol. The molecule has 6 nitrogen and oxygen atoms in total. The number of amides is 1. The van der Waals surface area contributed by atoms with Gasteiger partial charge in [0.05, 0.1) is 0 Å². The van der Waals surface area contributed by atoms with E-state index in [9.17, 15) is 4.79 Å². The molecule has 136 valence electrons. The van der Waals surface area contributed by atoms with Crippen molar-refractivity contribution in [1.29, 1.82) is 0 Å². The summed E-state index contributed by atoms with van der Waals surface area (Å²) in [6.07, 6.45) is 2.08. The van der Waals surface area contributed by atoms with Crippen LogP contribution in [0.1, 0.15) is 32.3 Å². The van der Waals surface area contributed by atoms with Gasteiger partial charge >= 0.3 is 0 Å². The van der Waals surface area contributed by atoms with Gasteiger partial charge in [0.2, 0.25) is 5.91 Å². The van der Waals surface area contributed by atoms with Gasteiger partial charge in [0.15, 0.2) is 5.96 Å². The van der Waals surface area contributed by atoms with Gasteiger partial charge in [-0.25, -0.2) is 0 Å². The zero-order valence-electron chi connectivity index (χ0n) is 14.7. The second-order valence-electron chi connectivity index (χ2n) is 5.14. The molecule has 0 saturated carbocycles. The van der Waals surface area contributed by atoms with Crippen LogP contribution in [0.3, 0.4) is 0 Å². The molecule has 0 atom stereocenters. The first-order valence-corrected chi connectivity index (χ1v) is 8.04. The molecule has 0 radical (unpaired) electrons. The maximum absolute atomic E-state index is 11.1. The summed E-state index contributed by atoms with van der Waals surface area (Å²) in [5.74, 6) is 0.700. The molecule has 1 aromatic rings. The van der Waals surface area contributed by atoms with Crippen LogP contribution in [0.15, 0.2) is 29.3 Å². The average Bonchev–Trinajstić information content (AvgIpc) is 2.53. The first-order chi connectivity index (χ1) is 11.2. The Morgan fingerprint density at radius 1 is 1.25 bits per heavy atom. The number of halogens is 1. The lowest BCUT2D eigenvalue weighted by molar-refractivity contribution is -0.114. The van der Waals surface area contributed by atoms with Crippen LogP contribution < -0.4 is 16.0 Å². The third kappa shape index (κ3) is 10.4. The lowest BCUT2D eigenvalue weighted by Gasteiger charge is -2.12. The second kappa shape index (κ2) is 14.0. The molecule has 1 amide bonds. The van der Waals surface area contributed by atoms with Crippen molar-refractivity contribution in [2.75, 3.05) is 32.1 Å². The highest BCUT2D eigenvalue weighted by molar-refractivity contribution is 14.0. The topological polar surface area (TPSA) is 74.8 Å². The smallest absolute Gasteiger partial charge is 0.221 e. The SMILES string of the molecule is CCOCCCCNC(=NC)NCc1cccc(NC(C)=O)c1.I. The number of ether oxygens (including phenoxy) is 1. The molecule has 0 aliphatic rings. The minimum atomic E-state index is -0.0698. The van der Waals surface area contributed by atoms with Crippen LogP contribution in [0.4, 0.5) is 5.69 Å². The number of unbranched alkanes of at least 4 members (excludes halogenated alkanes) is 1. The number of carbonyl (C=O) groups excluding carboxylic acids is 1. The molecule has 7 heteroatoms. The summed E-state index contributed by atoms with van der Waals surface area (Å²) in [5.41, 5.74) is 1.88. The highest BCUT2D eigenvalue weighted by atomic mass is 127. The predicted molar refractivity (Wildman–Crippen MR) is 110 cm³/mol. The Labute approximate surface area is 161 Å². The van der Waals surface area contributed by atoms with Crippen LogP contribution in [-0.2, 0) is 16.1 Å². The van der Waals surface area contributed by atoms with Crippen molar-refractivity contribution >= 4 is 41.5 Å². The Morgan fingerprint density at radius 2 is 2.04 bits per heavy atom. The molecule has 24 heavy (non-hydrogen) atoms. The zero-order valence-corrected chi connectivity index (χ0v) is 17.1. The number of aliphatic imine (C=N–C) groups is 1. The molecule has 0 unspecified atom stereocenters. The van der Waals surface area contributed by atoms with Gasteiger partial charge in [-0.05, 0) is 37.5 Å². The van der Waals surface area contributed by atoms with E-state index in [-0.39, 0.29) is 29.9 Å². The second-order valence-corrected chi connectivity index (χ2v) is 5.14. The molecular formula is C17H29IN4O2. The fraction of sp³-hybridized carbons (Fsp3) is 0.529. The van der Waals surface area contributed by atoms with E-state index in [0.29, 0.717) is 6.54 Å². The quantitative estimate of drug-likeness (QED) is 0.235. The first kappa shape index (κ1) is 22.6. The highest BCUT2D eigenvalue weighted by Crippen LogP contribution is 2.10. The minimum absolute atomic E-state index is 0. The number of benzene rings is 1. The molecular weight excluding hydrogens is 419 g/mol. The molecule has 0 aliphatic carbocycles. The van der Waals surface area contributed by atoms with Gasteiger partial charge in [0.25, 0.3) is 0 Å². The molecule has 0 fully saturated rings. The summed E-state index contributed by atoms with van der Waals surface area (Å²) in [6.45, 7) is 6.59. The standard InChI is InChI=1S/C17H28N4O2.HI/c1-4-23-11-6-5-10-19-17(18-3)20-13-15-8-7-9-16(12-15)21-14(2)22;/h7-9,12H,4-6,10-11,13H2,1-3H3,(H,21,22)(H2,18,19,20);1H. The molecule has 0 aromatic heterocycles. The van der Waals surface area contributed by atoms with Crippen molar-refractivity contribution in [3.8, 4) is 0 Å². The molecule has 1 aromatic carbocycles. The molecule has 0 bridgehead atoms. The van der Waals surface area contributed by atoms with Gasteiger partial charge in [-0.3, -0.25) is 9.79 Å². The Balaban J connectivity index is 0.00000529. The van der Waals surface area contributed by atoms with Crippen LogP contribution in [0.25, 0.3) is 0 Å². The molecule has 0 saturated heterocycles. The van der Waals surface area contributed by atoms with Gasteiger partial charge in [-0.15, -0.1) is 24.0 Å². The van der Waals surface area contributed by atoms with Crippen molar-refractivity contribution < 1.29 is 9.53 Å². The van der Waals surface area contributed by atoms with E-state index in [1.165, 1.54) is 6.92 Å². The number of nitrogens with zero attached hydrogens (tertiary/aromatic N) is 1. The fourth-order valence-electron chi connectivity index (χ4n) is 2.05. The Bertz CT molecular complexity index is 509. The Morgan fingerprint density at radius 3 is 2.71 bits per heavy atom. The van der Waals surface area contributed by atoms with Crippen molar-refractivity contribution in [2.24, 2.45) is 4.99 Å². The third-order valence-corrected chi connectivity index (χ3v) is 3.14. The summed E-state index contributed by atoms with van der Waals surface area (Å²) < 4.78 is 5.31. The molecule has 1 rings (SSSR count). The fourth-order valence-corrected chi connectivity index (χ4v) is 2.05. The summed E-state index contributed by atoms with van der Waals surface area (Å²) in [5, 5.41) is 9.32. The zero-order chi connectivity index (χ0) is 16.9. The summed E-state index contributed by atoms with van der Waals surface area (Å²) in [4.78, 5) is 15.3. The number of guanidine groups is 1. The number of nitrogens with one attached hydrogen (secondary N) is 3. The minimum Gasteiger partial charge on any atom is -0.382 e. The largest absolute Gasteiger partial charge is 0.382 e. The van der Waals surface area contributed by atoms with E-state index >= 15 is 0 Å². The summed E-state index contributed by atoms with van der Waals surface area (Å²) in [6, 6.07) is 7.75. The van der Waals surface area contributed by atoms with E-state index in [2.05, 4.69) is 20.9 Å². The van der Waals surface area contributed by atoms with E-state index in [0.717, 1.165) is 49.8 Å². The van der Waals surface area contributed by atoms with E-state index in [1.54, 1.807) is 7.05 Å². The van der Waals surface area contributed by atoms with Crippen LogP contribution >= 0.6 is 24.0 Å². The van der Waals surface area contributed by atoms with E-state index in [4.69, 9.17) is 4.74 Å². The van der Waals surface area contributed by atoms with Crippen LogP contribution in [0.5, 0.6) is 0 Å². The molecule has 0 aliphatic heterocycles. The van der Waals surface area contributed by atoms with Gasteiger partial charge in [-0.1, -0.05) is 12.1 Å². The number of hydrogen-bond acceptors (Lipinski definition) is 3. The average molecular weight is 448 g/mol. The van der Waals surface area contributed by atoms with Crippen molar-refractivity contribution in [1.82, 2.24) is 10.6 Å². The maximum atomic E-state index is 11.1.